The topological polar surface area (TPSA) is 61.8 Å². The highest BCUT2D eigenvalue weighted by Crippen LogP contribution is 2.36. The maximum absolute atomic E-state index is 11.6. The molecule has 112 valence electrons. The second-order valence-electron chi connectivity index (χ2n) is 5.76. The van der Waals surface area contributed by atoms with Crippen molar-refractivity contribution in [2.75, 3.05) is 6.61 Å². The molecule has 0 aromatic heterocycles. The van der Waals surface area contributed by atoms with E-state index in [9.17, 15) is 9.59 Å². The number of hydrogen-bond donors (Lipinski definition) is 0. The van der Waals surface area contributed by atoms with Gasteiger partial charge in [-0.3, -0.25) is 9.59 Å². The summed E-state index contributed by atoms with van der Waals surface area (Å²) in [6.07, 6.45) is 1.64. The predicted molar refractivity (Wildman–Crippen MR) is 76.1 cm³/mol. The Morgan fingerprint density at radius 3 is 2.15 bits per heavy atom. The van der Waals surface area contributed by atoms with Crippen molar-refractivity contribution in [3.05, 3.63) is 12.1 Å². The summed E-state index contributed by atoms with van der Waals surface area (Å²) in [4.78, 5) is 22.8. The molecule has 1 fully saturated rings. The monoisotopic (exact) mass is 282 g/mol. The molecule has 0 N–H and O–H groups in total. The highest BCUT2D eigenvalue weighted by atomic mass is 16.7. The van der Waals surface area contributed by atoms with Gasteiger partial charge in [0.25, 0.3) is 0 Å². The molecule has 0 unspecified atom stereocenters. The van der Waals surface area contributed by atoms with Crippen molar-refractivity contribution in [1.82, 2.24) is 0 Å². The Morgan fingerprint density at radius 2 is 1.65 bits per heavy atom. The SMILES string of the molecule is CCOC(=O)CCC(=O)/C=C/B1OC(C)(C)C(C)(C)O1. The van der Waals surface area contributed by atoms with Gasteiger partial charge in [0.05, 0.1) is 24.2 Å². The minimum Gasteiger partial charge on any atom is -0.466 e. The molecule has 0 aliphatic carbocycles. The summed E-state index contributed by atoms with van der Waals surface area (Å²) in [7, 11) is -0.536. The van der Waals surface area contributed by atoms with Gasteiger partial charge in [0.2, 0.25) is 0 Å². The van der Waals surface area contributed by atoms with Crippen LogP contribution in [0.1, 0.15) is 47.5 Å². The Morgan fingerprint density at radius 1 is 1.10 bits per heavy atom. The fourth-order valence-corrected chi connectivity index (χ4v) is 1.69. The van der Waals surface area contributed by atoms with Gasteiger partial charge in [0, 0.05) is 6.42 Å². The van der Waals surface area contributed by atoms with Crippen molar-refractivity contribution in [2.24, 2.45) is 0 Å². The van der Waals surface area contributed by atoms with E-state index in [0.29, 0.717) is 6.61 Å². The van der Waals surface area contributed by atoms with Gasteiger partial charge in [-0.25, -0.2) is 0 Å². The summed E-state index contributed by atoms with van der Waals surface area (Å²) in [6, 6.07) is 0. The standard InChI is InChI=1S/C14H23BO5/c1-6-18-12(17)8-7-11(16)9-10-15-19-13(2,3)14(4,5)20-15/h9-10H,6-8H2,1-5H3/b10-9+. The lowest BCUT2D eigenvalue weighted by Crippen LogP contribution is -2.41. The molecule has 0 bridgehead atoms. The van der Waals surface area contributed by atoms with Gasteiger partial charge in [-0.2, -0.15) is 0 Å². The molecular weight excluding hydrogens is 259 g/mol. The summed E-state index contributed by atoms with van der Waals surface area (Å²) in [5.41, 5.74) is -0.841. The van der Waals surface area contributed by atoms with Crippen molar-refractivity contribution in [2.45, 2.75) is 58.7 Å². The predicted octanol–water partition coefficient (Wildman–Crippen LogP) is 2.09. The van der Waals surface area contributed by atoms with Crippen LogP contribution in [0.2, 0.25) is 0 Å². The van der Waals surface area contributed by atoms with Gasteiger partial charge in [-0.1, -0.05) is 5.98 Å². The molecule has 1 rings (SSSR count). The lowest BCUT2D eigenvalue weighted by atomic mass is 9.89. The Bertz CT molecular complexity index is 384. The molecular formula is C14H23BO5. The van der Waals surface area contributed by atoms with Crippen LogP contribution in [0.3, 0.4) is 0 Å². The third kappa shape index (κ3) is 4.46. The molecule has 0 spiro atoms. The number of carbonyl (C=O) groups is 2. The molecule has 0 radical (unpaired) electrons. The molecule has 20 heavy (non-hydrogen) atoms. The summed E-state index contributed by atoms with van der Waals surface area (Å²) in [6.45, 7) is 9.86. The van der Waals surface area contributed by atoms with E-state index >= 15 is 0 Å². The van der Waals surface area contributed by atoms with Gasteiger partial charge < -0.3 is 14.0 Å². The fourth-order valence-electron chi connectivity index (χ4n) is 1.69. The third-order valence-corrected chi connectivity index (χ3v) is 3.59. The zero-order chi connectivity index (χ0) is 15.4. The van der Waals surface area contributed by atoms with Crippen molar-refractivity contribution < 1.29 is 23.6 Å². The van der Waals surface area contributed by atoms with E-state index in [2.05, 4.69) is 0 Å². The summed E-state index contributed by atoms with van der Waals surface area (Å²) in [5, 5.41) is 0. The molecule has 1 aliphatic rings. The van der Waals surface area contributed by atoms with E-state index in [1.54, 1.807) is 12.9 Å². The van der Waals surface area contributed by atoms with Gasteiger partial charge in [0.1, 0.15) is 0 Å². The molecule has 0 atom stereocenters. The molecule has 1 aliphatic heterocycles. The molecule has 0 aromatic carbocycles. The zero-order valence-electron chi connectivity index (χ0n) is 12.9. The molecule has 1 saturated heterocycles. The van der Waals surface area contributed by atoms with Gasteiger partial charge in [-0.05, 0) is 40.7 Å². The fraction of sp³-hybridized carbons (Fsp3) is 0.714. The largest absolute Gasteiger partial charge is 0.487 e. The number of esters is 1. The maximum atomic E-state index is 11.6. The quantitative estimate of drug-likeness (QED) is 0.424. The Labute approximate surface area is 120 Å². The minimum atomic E-state index is -0.536. The van der Waals surface area contributed by atoms with Crippen LogP contribution in [0.4, 0.5) is 0 Å². The van der Waals surface area contributed by atoms with Crippen LogP contribution in [-0.4, -0.2) is 36.7 Å². The Kier molecular flexibility index (Phi) is 5.54. The van der Waals surface area contributed by atoms with Crippen LogP contribution in [0.15, 0.2) is 12.1 Å². The summed E-state index contributed by atoms with van der Waals surface area (Å²) in [5.74, 6) is 1.09. The minimum absolute atomic E-state index is 0.0976. The first-order valence-corrected chi connectivity index (χ1v) is 6.90. The van der Waals surface area contributed by atoms with Gasteiger partial charge in [0.15, 0.2) is 5.78 Å². The number of ketones is 1. The summed E-state index contributed by atoms with van der Waals surface area (Å²) >= 11 is 0. The number of allylic oxidation sites excluding steroid dienone is 1. The van der Waals surface area contributed by atoms with E-state index in [-0.39, 0.29) is 24.6 Å². The third-order valence-electron chi connectivity index (χ3n) is 3.59. The lowest BCUT2D eigenvalue weighted by molar-refractivity contribution is -0.144. The first-order chi connectivity index (χ1) is 9.18. The van der Waals surface area contributed by atoms with Crippen LogP contribution in [-0.2, 0) is 23.6 Å². The lowest BCUT2D eigenvalue weighted by Gasteiger charge is -2.32. The van der Waals surface area contributed by atoms with Crippen LogP contribution >= 0.6 is 0 Å². The van der Waals surface area contributed by atoms with Crippen LogP contribution in [0, 0.1) is 0 Å². The van der Waals surface area contributed by atoms with Crippen LogP contribution in [0.25, 0.3) is 0 Å². The second-order valence-corrected chi connectivity index (χ2v) is 5.76. The Balaban J connectivity index is 2.42. The van der Waals surface area contributed by atoms with Crippen LogP contribution in [0.5, 0.6) is 0 Å². The smallest absolute Gasteiger partial charge is 0.466 e. The van der Waals surface area contributed by atoms with Crippen molar-refractivity contribution >= 4 is 18.9 Å². The molecule has 0 amide bonds. The van der Waals surface area contributed by atoms with Crippen LogP contribution < -0.4 is 0 Å². The van der Waals surface area contributed by atoms with Gasteiger partial charge >= 0.3 is 13.1 Å². The number of rotatable bonds is 6. The van der Waals surface area contributed by atoms with E-state index in [0.717, 1.165) is 0 Å². The maximum Gasteiger partial charge on any atom is 0.487 e. The normalized spacial score (nSPS) is 20.4. The molecule has 1 heterocycles. The van der Waals surface area contributed by atoms with Crippen molar-refractivity contribution in [3.63, 3.8) is 0 Å². The Hall–Kier alpha value is -1.14. The highest BCUT2D eigenvalue weighted by Gasteiger charge is 2.50. The first kappa shape index (κ1) is 16.9. The second kappa shape index (κ2) is 6.54. The van der Waals surface area contributed by atoms with Crippen molar-refractivity contribution in [3.8, 4) is 0 Å². The molecule has 0 saturated carbocycles. The molecule has 0 aromatic rings. The average Bonchev–Trinajstić information content (AvgIpc) is 2.53. The van der Waals surface area contributed by atoms with E-state index in [1.165, 1.54) is 6.08 Å². The van der Waals surface area contributed by atoms with Crippen molar-refractivity contribution in [1.29, 1.82) is 0 Å². The van der Waals surface area contributed by atoms with E-state index < -0.39 is 18.3 Å². The van der Waals surface area contributed by atoms with E-state index in [4.69, 9.17) is 14.0 Å². The highest BCUT2D eigenvalue weighted by molar-refractivity contribution is 6.52. The molecule has 6 heteroatoms. The van der Waals surface area contributed by atoms with E-state index in [1.807, 2.05) is 27.7 Å². The first-order valence-electron chi connectivity index (χ1n) is 6.90. The summed E-state index contributed by atoms with van der Waals surface area (Å²) < 4.78 is 16.2. The number of ether oxygens (including phenoxy) is 1. The zero-order valence-corrected chi connectivity index (χ0v) is 12.9. The number of carbonyl (C=O) groups excluding carboxylic acids is 2. The average molecular weight is 282 g/mol. The molecule has 5 nitrogen and oxygen atoms in total. The number of hydrogen-bond acceptors (Lipinski definition) is 5. The van der Waals surface area contributed by atoms with Gasteiger partial charge in [-0.15, -0.1) is 0 Å².